The minimum Gasteiger partial charge on any atom is -0.618 e. The molecule has 1 aliphatic heterocycles. The summed E-state index contributed by atoms with van der Waals surface area (Å²) in [5.41, 5.74) is 5.15. The molecule has 2 rings (SSSR count). The van der Waals surface area contributed by atoms with Gasteiger partial charge in [-0.1, -0.05) is 6.92 Å². The van der Waals surface area contributed by atoms with Gasteiger partial charge in [0, 0.05) is 31.1 Å². The average Bonchev–Trinajstić information content (AvgIpc) is 2.82. The molecule has 0 bridgehead atoms. The van der Waals surface area contributed by atoms with Crippen molar-refractivity contribution in [1.29, 1.82) is 0 Å². The highest BCUT2D eigenvalue weighted by molar-refractivity contribution is 7.88. The smallest absolute Gasteiger partial charge is 0.323 e. The number of sulfonamides is 1. The molecule has 0 aliphatic carbocycles. The highest BCUT2D eigenvalue weighted by Crippen LogP contribution is 2.19. The molecule has 0 spiro atoms. The number of β-amino-alcohol motifs (C(OH)–C–C–N with tert-alkyl or cyclic N) is 1. The van der Waals surface area contributed by atoms with Gasteiger partial charge in [-0.15, -0.1) is 0 Å². The van der Waals surface area contributed by atoms with Crippen LogP contribution in [-0.2, 0) is 19.6 Å². The molecule has 10 nitrogen and oxygen atoms in total. The Balaban J connectivity index is 2.01. The van der Waals surface area contributed by atoms with Crippen LogP contribution < -0.4 is 15.8 Å². The number of pyridine rings is 1. The van der Waals surface area contributed by atoms with Crippen LogP contribution >= 0.6 is 0 Å². The van der Waals surface area contributed by atoms with E-state index in [9.17, 15) is 28.3 Å². The van der Waals surface area contributed by atoms with E-state index in [1.807, 2.05) is 0 Å². The number of nitrogens with zero attached hydrogens (tertiary/aromatic N) is 2. The van der Waals surface area contributed by atoms with Gasteiger partial charge in [0.05, 0.1) is 18.6 Å². The highest BCUT2D eigenvalue weighted by atomic mass is 32.2. The molecular weight excluding hydrogens is 388 g/mol. The number of primary amides is 1. The molecule has 0 aromatic carbocycles. The number of aromatic nitrogens is 1. The maximum atomic E-state index is 12.7. The van der Waals surface area contributed by atoms with Gasteiger partial charge < -0.3 is 21.4 Å². The molecule has 2 unspecified atom stereocenters. The number of rotatable bonds is 7. The fraction of sp³-hybridized carbons (Fsp3) is 0.529. The van der Waals surface area contributed by atoms with Gasteiger partial charge in [-0.25, -0.2) is 8.42 Å². The van der Waals surface area contributed by atoms with Crippen molar-refractivity contribution in [2.45, 2.75) is 43.4 Å². The van der Waals surface area contributed by atoms with E-state index in [4.69, 9.17) is 5.73 Å². The van der Waals surface area contributed by atoms with Gasteiger partial charge in [-0.3, -0.25) is 9.59 Å². The highest BCUT2D eigenvalue weighted by Gasteiger charge is 2.36. The SMILES string of the molecule is CC(C[CH]C(=O)NC1CCCN(S(=O)(=O)c2cccc[n+]2[O-])C[C@@H]1O)C(N)=O. The Kier molecular flexibility index (Phi) is 7.33. The van der Waals surface area contributed by atoms with Crippen molar-refractivity contribution in [1.82, 2.24) is 9.62 Å². The Hall–Kier alpha value is -2.24. The first-order valence-corrected chi connectivity index (χ1v) is 10.4. The minimum atomic E-state index is -4.08. The third-order valence-electron chi connectivity index (χ3n) is 4.64. The third kappa shape index (κ3) is 5.40. The first-order chi connectivity index (χ1) is 13.1. The molecule has 1 saturated heterocycles. The molecule has 1 fully saturated rings. The first kappa shape index (κ1) is 22.1. The fourth-order valence-electron chi connectivity index (χ4n) is 2.88. The van der Waals surface area contributed by atoms with Crippen molar-refractivity contribution in [3.8, 4) is 0 Å². The van der Waals surface area contributed by atoms with Gasteiger partial charge in [0.15, 0.2) is 6.20 Å². The number of hydrogen-bond donors (Lipinski definition) is 3. The molecule has 2 heterocycles. The second-order valence-corrected chi connectivity index (χ2v) is 8.68. The Labute approximate surface area is 164 Å². The van der Waals surface area contributed by atoms with E-state index in [-0.39, 0.29) is 24.2 Å². The lowest BCUT2D eigenvalue weighted by Gasteiger charge is -2.24. The lowest BCUT2D eigenvalue weighted by molar-refractivity contribution is -0.646. The molecule has 1 aliphatic rings. The third-order valence-corrected chi connectivity index (χ3v) is 6.50. The van der Waals surface area contributed by atoms with E-state index >= 15 is 0 Å². The number of aliphatic hydroxyl groups excluding tert-OH is 1. The first-order valence-electron chi connectivity index (χ1n) is 8.92. The summed E-state index contributed by atoms with van der Waals surface area (Å²) >= 11 is 0. The van der Waals surface area contributed by atoms with E-state index < -0.39 is 44.9 Å². The van der Waals surface area contributed by atoms with Gasteiger partial charge in [0.2, 0.25) is 11.8 Å². The fourth-order valence-corrected chi connectivity index (χ4v) is 4.40. The van der Waals surface area contributed by atoms with E-state index in [0.29, 0.717) is 12.8 Å². The summed E-state index contributed by atoms with van der Waals surface area (Å²) < 4.78 is 26.8. The van der Waals surface area contributed by atoms with Gasteiger partial charge in [-0.2, -0.15) is 9.04 Å². The molecule has 1 aromatic rings. The Morgan fingerprint density at radius 3 is 2.86 bits per heavy atom. The molecule has 155 valence electrons. The Bertz CT molecular complexity index is 816. The predicted octanol–water partition coefficient (Wildman–Crippen LogP) is -1.33. The normalized spacial score (nSPS) is 22.2. The van der Waals surface area contributed by atoms with Gasteiger partial charge in [0.1, 0.15) is 0 Å². The summed E-state index contributed by atoms with van der Waals surface area (Å²) in [7, 11) is -4.08. The topological polar surface area (TPSA) is 157 Å². The molecule has 3 atom stereocenters. The molecule has 1 radical (unpaired) electrons. The van der Waals surface area contributed by atoms with Gasteiger partial charge in [-0.05, 0) is 25.3 Å². The number of carbonyl (C=O) groups is 2. The summed E-state index contributed by atoms with van der Waals surface area (Å²) in [6.07, 6.45) is 2.16. The predicted molar refractivity (Wildman–Crippen MR) is 98.6 cm³/mol. The standard InChI is InChI=1S/C17H25N4O6S/c1-12(17(18)24)7-8-15(23)19-13-5-4-9-20(11-14(13)22)28(26,27)16-6-2-3-10-21(16)25/h2-3,6,8,10,12-14,22H,4-5,7,9,11H2,1H3,(H2,18,24)(H,19,23)/t12?,13?,14-/m0/s1. The number of nitrogens with one attached hydrogen (secondary N) is 1. The zero-order valence-electron chi connectivity index (χ0n) is 15.5. The van der Waals surface area contributed by atoms with Crippen LogP contribution in [0.1, 0.15) is 26.2 Å². The van der Waals surface area contributed by atoms with Crippen LogP contribution in [0.3, 0.4) is 0 Å². The Morgan fingerprint density at radius 1 is 1.50 bits per heavy atom. The van der Waals surface area contributed by atoms with Crippen molar-refractivity contribution in [3.05, 3.63) is 36.0 Å². The molecule has 11 heteroatoms. The summed E-state index contributed by atoms with van der Waals surface area (Å²) in [4.78, 5) is 23.0. The second kappa shape index (κ2) is 9.30. The van der Waals surface area contributed by atoms with Crippen molar-refractivity contribution < 1.29 is 27.8 Å². The average molecular weight is 413 g/mol. The van der Waals surface area contributed by atoms with E-state index in [2.05, 4.69) is 5.32 Å². The van der Waals surface area contributed by atoms with Crippen LogP contribution in [0.25, 0.3) is 0 Å². The summed E-state index contributed by atoms with van der Waals surface area (Å²) in [5.74, 6) is -1.47. The monoisotopic (exact) mass is 413 g/mol. The van der Waals surface area contributed by atoms with Crippen molar-refractivity contribution in [3.63, 3.8) is 0 Å². The minimum absolute atomic E-state index is 0.114. The van der Waals surface area contributed by atoms with Crippen molar-refractivity contribution in [2.75, 3.05) is 13.1 Å². The van der Waals surface area contributed by atoms with Crippen LogP contribution in [0.5, 0.6) is 0 Å². The number of nitrogens with two attached hydrogens (primary N) is 1. The molecule has 1 aromatic heterocycles. The maximum Gasteiger partial charge on any atom is 0.323 e. The largest absolute Gasteiger partial charge is 0.618 e. The van der Waals surface area contributed by atoms with E-state index in [0.717, 1.165) is 10.5 Å². The molecule has 0 saturated carbocycles. The molecule has 4 N–H and O–H groups in total. The second-order valence-electron chi connectivity index (χ2n) is 6.80. The van der Waals surface area contributed by atoms with Gasteiger partial charge >= 0.3 is 15.0 Å². The number of carbonyl (C=O) groups excluding carboxylic acids is 2. The Morgan fingerprint density at radius 2 is 2.21 bits per heavy atom. The lowest BCUT2D eigenvalue weighted by atomic mass is 10.0. The van der Waals surface area contributed by atoms with E-state index in [1.54, 1.807) is 6.92 Å². The molecular formula is C17H25N4O6S. The summed E-state index contributed by atoms with van der Waals surface area (Å²) in [5, 5.41) is 24.5. The van der Waals surface area contributed by atoms with Crippen LogP contribution in [0.15, 0.2) is 29.4 Å². The van der Waals surface area contributed by atoms with Crippen LogP contribution in [0.4, 0.5) is 0 Å². The van der Waals surface area contributed by atoms with E-state index in [1.165, 1.54) is 24.6 Å². The zero-order valence-corrected chi connectivity index (χ0v) is 16.3. The molecule has 28 heavy (non-hydrogen) atoms. The summed E-state index contributed by atoms with van der Waals surface area (Å²) in [6, 6.07) is 3.42. The number of aliphatic hydroxyl groups is 1. The van der Waals surface area contributed by atoms with Crippen molar-refractivity contribution >= 4 is 21.8 Å². The number of hydrogen-bond acceptors (Lipinski definition) is 6. The van der Waals surface area contributed by atoms with Gasteiger partial charge in [0.25, 0.3) is 0 Å². The quantitative estimate of drug-likeness (QED) is 0.371. The van der Waals surface area contributed by atoms with Crippen LogP contribution in [-0.4, -0.2) is 54.9 Å². The molecule has 2 amide bonds. The van der Waals surface area contributed by atoms with Crippen molar-refractivity contribution in [2.24, 2.45) is 11.7 Å². The summed E-state index contributed by atoms with van der Waals surface area (Å²) in [6.45, 7) is 1.46. The lowest BCUT2D eigenvalue weighted by Crippen LogP contribution is -2.48. The number of amides is 2. The van der Waals surface area contributed by atoms with Crippen LogP contribution in [0, 0.1) is 17.5 Å². The zero-order chi connectivity index (χ0) is 20.9. The maximum absolute atomic E-state index is 12.7. The van der Waals surface area contributed by atoms with Crippen LogP contribution in [0.2, 0.25) is 0 Å².